The number of nitrogens with one attached hydrogen (secondary N) is 1. The van der Waals surface area contributed by atoms with Gasteiger partial charge in [-0.3, -0.25) is 0 Å². The predicted molar refractivity (Wildman–Crippen MR) is 77.9 cm³/mol. The molecule has 0 aliphatic carbocycles. The van der Waals surface area contributed by atoms with Crippen LogP contribution in [0.4, 0.5) is 30.2 Å². The molecular formula is C13H10F3IN2. The molecule has 3 N–H and O–H groups in total. The van der Waals surface area contributed by atoms with Gasteiger partial charge in [-0.25, -0.2) is 13.2 Å². The monoisotopic (exact) mass is 378 g/mol. The van der Waals surface area contributed by atoms with Gasteiger partial charge < -0.3 is 11.1 Å². The van der Waals surface area contributed by atoms with Crippen LogP contribution in [0.15, 0.2) is 24.3 Å². The Balaban J connectivity index is 2.49. The zero-order valence-corrected chi connectivity index (χ0v) is 12.1. The zero-order chi connectivity index (χ0) is 14.2. The van der Waals surface area contributed by atoms with Gasteiger partial charge in [-0.15, -0.1) is 0 Å². The van der Waals surface area contributed by atoms with Crippen LogP contribution in [0.3, 0.4) is 0 Å². The summed E-state index contributed by atoms with van der Waals surface area (Å²) in [6.45, 7) is 1.55. The summed E-state index contributed by atoms with van der Waals surface area (Å²) in [4.78, 5) is 0. The second-order valence-electron chi connectivity index (χ2n) is 4.03. The van der Waals surface area contributed by atoms with Crippen LogP contribution in [0.25, 0.3) is 0 Å². The number of aryl methyl sites for hydroxylation is 1. The lowest BCUT2D eigenvalue weighted by atomic mass is 10.1. The number of nitrogens with two attached hydrogens (primary N) is 1. The molecule has 0 saturated carbocycles. The van der Waals surface area contributed by atoms with Crippen molar-refractivity contribution in [3.8, 4) is 0 Å². The maximum absolute atomic E-state index is 13.7. The van der Waals surface area contributed by atoms with Crippen molar-refractivity contribution in [3.63, 3.8) is 0 Å². The summed E-state index contributed by atoms with van der Waals surface area (Å²) >= 11 is 1.95. The smallest absolute Gasteiger partial charge is 0.184 e. The molecular weight excluding hydrogens is 368 g/mol. The van der Waals surface area contributed by atoms with Gasteiger partial charge in [0.15, 0.2) is 11.6 Å². The second kappa shape index (κ2) is 5.28. The second-order valence-corrected chi connectivity index (χ2v) is 5.27. The maximum Gasteiger partial charge on any atom is 0.184 e. The fraction of sp³-hybridized carbons (Fsp3) is 0.0769. The van der Waals surface area contributed by atoms with Gasteiger partial charge in [-0.05, 0) is 59.3 Å². The highest BCUT2D eigenvalue weighted by Gasteiger charge is 2.16. The zero-order valence-electron chi connectivity index (χ0n) is 9.90. The van der Waals surface area contributed by atoms with Crippen LogP contribution in [0.1, 0.15) is 5.56 Å². The molecule has 0 heterocycles. The van der Waals surface area contributed by atoms with Gasteiger partial charge in [0.2, 0.25) is 0 Å². The summed E-state index contributed by atoms with van der Waals surface area (Å²) in [5.41, 5.74) is 5.91. The van der Waals surface area contributed by atoms with Crippen molar-refractivity contribution in [2.24, 2.45) is 0 Å². The molecule has 0 spiro atoms. The minimum atomic E-state index is -1.12. The molecule has 2 nitrogen and oxygen atoms in total. The largest absolute Gasteiger partial charge is 0.397 e. The molecule has 100 valence electrons. The highest BCUT2D eigenvalue weighted by atomic mass is 127. The van der Waals surface area contributed by atoms with Gasteiger partial charge in [0.25, 0.3) is 0 Å². The van der Waals surface area contributed by atoms with Crippen LogP contribution in [-0.4, -0.2) is 0 Å². The number of halogens is 4. The molecule has 6 heteroatoms. The Morgan fingerprint density at radius 3 is 2.42 bits per heavy atom. The molecule has 0 aliphatic rings. The summed E-state index contributed by atoms with van der Waals surface area (Å²) in [5.74, 6) is -2.71. The fourth-order valence-corrected chi connectivity index (χ4v) is 2.07. The van der Waals surface area contributed by atoms with Crippen molar-refractivity contribution in [1.29, 1.82) is 0 Å². The maximum atomic E-state index is 13.7. The first kappa shape index (κ1) is 14.0. The Labute approximate surface area is 122 Å². The Morgan fingerprint density at radius 2 is 1.79 bits per heavy atom. The first-order valence-corrected chi connectivity index (χ1v) is 6.44. The van der Waals surface area contributed by atoms with Crippen LogP contribution in [0.5, 0.6) is 0 Å². The first-order valence-electron chi connectivity index (χ1n) is 5.36. The Morgan fingerprint density at radius 1 is 1.11 bits per heavy atom. The van der Waals surface area contributed by atoms with E-state index in [9.17, 15) is 13.2 Å². The number of benzene rings is 2. The van der Waals surface area contributed by atoms with Crippen molar-refractivity contribution < 1.29 is 13.2 Å². The molecule has 0 saturated heterocycles. The molecule has 0 atom stereocenters. The quantitative estimate of drug-likeness (QED) is 0.603. The highest BCUT2D eigenvalue weighted by Crippen LogP contribution is 2.32. The number of hydrogen-bond donors (Lipinski definition) is 2. The minimum absolute atomic E-state index is 0.0380. The van der Waals surface area contributed by atoms with Crippen LogP contribution in [0, 0.1) is 27.9 Å². The molecule has 2 rings (SSSR count). The van der Waals surface area contributed by atoms with E-state index in [2.05, 4.69) is 5.32 Å². The van der Waals surface area contributed by atoms with Crippen molar-refractivity contribution in [3.05, 3.63) is 50.9 Å². The minimum Gasteiger partial charge on any atom is -0.397 e. The topological polar surface area (TPSA) is 38.0 Å². The summed E-state index contributed by atoms with van der Waals surface area (Å²) in [6.07, 6.45) is 0. The van der Waals surface area contributed by atoms with Gasteiger partial charge >= 0.3 is 0 Å². The molecule has 2 aromatic rings. The van der Waals surface area contributed by atoms with Gasteiger partial charge in [-0.2, -0.15) is 0 Å². The van der Waals surface area contributed by atoms with Crippen molar-refractivity contribution in [2.75, 3.05) is 11.1 Å². The standard InChI is InChI=1S/C13H10F3IN2/c1-6-4-9(15)11(16)13(12(6)18)19-10-3-2-7(17)5-8(10)14/h2-5,19H,18H2,1H3. The average molecular weight is 378 g/mol. The normalized spacial score (nSPS) is 10.6. The highest BCUT2D eigenvalue weighted by molar-refractivity contribution is 14.1. The molecule has 0 radical (unpaired) electrons. The molecule has 0 aliphatic heterocycles. The lowest BCUT2D eigenvalue weighted by Crippen LogP contribution is -2.05. The van der Waals surface area contributed by atoms with E-state index in [4.69, 9.17) is 5.73 Å². The predicted octanol–water partition coefficient (Wildman–Crippen LogP) is 4.34. The Bertz CT molecular complexity index is 618. The lowest BCUT2D eigenvalue weighted by Gasteiger charge is -2.13. The molecule has 0 amide bonds. The van der Waals surface area contributed by atoms with Gasteiger partial charge in [0.05, 0.1) is 11.4 Å². The van der Waals surface area contributed by atoms with E-state index in [1.54, 1.807) is 13.0 Å². The summed E-state index contributed by atoms with van der Waals surface area (Å²) in [5, 5.41) is 2.50. The number of anilines is 3. The van der Waals surface area contributed by atoms with Crippen LogP contribution >= 0.6 is 22.6 Å². The van der Waals surface area contributed by atoms with E-state index in [-0.39, 0.29) is 17.1 Å². The van der Waals surface area contributed by atoms with E-state index in [0.29, 0.717) is 9.13 Å². The Hall–Kier alpha value is -1.44. The molecule has 0 unspecified atom stereocenters. The van der Waals surface area contributed by atoms with Crippen molar-refractivity contribution in [1.82, 2.24) is 0 Å². The summed E-state index contributed by atoms with van der Waals surface area (Å²) < 4.78 is 41.4. The van der Waals surface area contributed by atoms with Crippen molar-refractivity contribution >= 4 is 39.7 Å². The van der Waals surface area contributed by atoms with E-state index in [1.165, 1.54) is 12.1 Å². The van der Waals surface area contributed by atoms with E-state index >= 15 is 0 Å². The summed E-state index contributed by atoms with van der Waals surface area (Å²) in [6, 6.07) is 5.37. The third-order valence-corrected chi connectivity index (χ3v) is 3.33. The van der Waals surface area contributed by atoms with Crippen LogP contribution in [0.2, 0.25) is 0 Å². The molecule has 19 heavy (non-hydrogen) atoms. The lowest BCUT2D eigenvalue weighted by molar-refractivity contribution is 0.511. The SMILES string of the molecule is Cc1cc(F)c(F)c(Nc2ccc(I)cc2F)c1N. The number of hydrogen-bond acceptors (Lipinski definition) is 2. The molecule has 0 aromatic heterocycles. The summed E-state index contributed by atoms with van der Waals surface area (Å²) in [7, 11) is 0. The third kappa shape index (κ3) is 2.78. The number of nitrogen functional groups attached to an aromatic ring is 1. The van der Waals surface area contributed by atoms with Gasteiger partial charge in [-0.1, -0.05) is 0 Å². The van der Waals surface area contributed by atoms with Crippen LogP contribution in [-0.2, 0) is 0 Å². The van der Waals surface area contributed by atoms with Crippen LogP contribution < -0.4 is 11.1 Å². The van der Waals surface area contributed by atoms with E-state index in [0.717, 1.165) is 6.07 Å². The number of rotatable bonds is 2. The Kier molecular flexibility index (Phi) is 3.88. The first-order chi connectivity index (χ1) is 8.90. The fourth-order valence-electron chi connectivity index (χ4n) is 1.61. The molecule has 2 aromatic carbocycles. The molecule has 0 bridgehead atoms. The van der Waals surface area contributed by atoms with Gasteiger partial charge in [0.1, 0.15) is 11.5 Å². The third-order valence-electron chi connectivity index (χ3n) is 2.66. The van der Waals surface area contributed by atoms with Gasteiger partial charge in [0, 0.05) is 3.57 Å². The molecule has 0 fully saturated rings. The van der Waals surface area contributed by atoms with Crippen molar-refractivity contribution in [2.45, 2.75) is 6.92 Å². The average Bonchev–Trinajstić information content (AvgIpc) is 2.34. The van der Waals surface area contributed by atoms with E-state index in [1.807, 2.05) is 22.6 Å². The van der Waals surface area contributed by atoms with E-state index < -0.39 is 17.5 Å².